The highest BCUT2D eigenvalue weighted by Crippen LogP contribution is 2.26. The molecule has 0 saturated heterocycles. The Morgan fingerprint density at radius 3 is 2.47 bits per heavy atom. The molecule has 0 saturated carbocycles. The minimum Gasteiger partial charge on any atom is -0.349 e. The van der Waals surface area contributed by atoms with Gasteiger partial charge < -0.3 is 4.57 Å². The zero-order valence-corrected chi connectivity index (χ0v) is 12.8. The summed E-state index contributed by atoms with van der Waals surface area (Å²) < 4.78 is 2.31. The molecule has 96 valence electrons. The maximum atomic E-state index is 2.38. The van der Waals surface area contributed by atoms with Gasteiger partial charge in [0, 0.05) is 32.9 Å². The normalized spacial score (nSPS) is 13.4. The lowest BCUT2D eigenvalue weighted by Gasteiger charge is -2.05. The molecule has 0 fully saturated rings. The number of hydrogen-bond donors (Lipinski definition) is 0. The van der Waals surface area contributed by atoms with Gasteiger partial charge in [-0.3, -0.25) is 0 Å². The molecule has 0 spiro atoms. The van der Waals surface area contributed by atoms with Gasteiger partial charge >= 0.3 is 0 Å². The summed E-state index contributed by atoms with van der Waals surface area (Å²) in [6, 6.07) is 10.7. The Morgan fingerprint density at radius 1 is 1.05 bits per heavy atom. The van der Waals surface area contributed by atoms with Gasteiger partial charge in [0.15, 0.2) is 0 Å². The summed E-state index contributed by atoms with van der Waals surface area (Å²) in [6.45, 7) is 7.96. The quantitative estimate of drug-likeness (QED) is 0.728. The monoisotopic (exact) mass is 265 g/mol. The van der Waals surface area contributed by atoms with Crippen molar-refractivity contribution in [3.05, 3.63) is 65.0 Å². The van der Waals surface area contributed by atoms with Crippen molar-refractivity contribution < 1.29 is 0 Å². The van der Waals surface area contributed by atoms with Gasteiger partial charge in [-0.25, -0.2) is 0 Å². The largest absolute Gasteiger partial charge is 0.349 e. The van der Waals surface area contributed by atoms with Crippen LogP contribution in [0, 0.1) is 0 Å². The van der Waals surface area contributed by atoms with E-state index in [-0.39, 0.29) is 0 Å². The van der Waals surface area contributed by atoms with Crippen LogP contribution >= 0.6 is 0 Å². The molecule has 2 heteroatoms. The van der Waals surface area contributed by atoms with Crippen LogP contribution < -0.4 is 0 Å². The predicted octanol–water partition coefficient (Wildman–Crippen LogP) is 3.81. The van der Waals surface area contributed by atoms with Crippen molar-refractivity contribution in [2.45, 2.75) is 26.6 Å². The third-order valence-corrected chi connectivity index (χ3v) is 5.32. The van der Waals surface area contributed by atoms with E-state index >= 15 is 0 Å². The highest BCUT2D eigenvalue weighted by atomic mass is 28.2. The lowest BCUT2D eigenvalue weighted by molar-refractivity contribution is 0.805. The van der Waals surface area contributed by atoms with Crippen LogP contribution in [0.5, 0.6) is 0 Å². The number of fused-ring (bicyclic) bond motifs is 1. The Kier molecular flexibility index (Phi) is 3.11. The van der Waals surface area contributed by atoms with Crippen LogP contribution in [0.15, 0.2) is 48.3 Å². The number of benzene rings is 1. The molecule has 0 N–H and O–H groups in total. The average Bonchev–Trinajstić information content (AvgIpc) is 2.85. The van der Waals surface area contributed by atoms with E-state index < -0.39 is 8.41 Å². The zero-order chi connectivity index (χ0) is 13.4. The molecule has 19 heavy (non-hydrogen) atoms. The summed E-state index contributed by atoms with van der Waals surface area (Å²) in [5, 5.41) is 1.60. The molecular formula is C17H19NSi. The molecule has 0 aliphatic heterocycles. The standard InChI is InChI=1S/C17H19NSi/c1-13-9-15-11-18(10-14-7-5-4-6-8-14)12-16(15)17(13)19(2)3/h4-9,11-12H,10H2,1-3H3. The van der Waals surface area contributed by atoms with E-state index in [1.54, 1.807) is 5.17 Å². The summed E-state index contributed by atoms with van der Waals surface area (Å²) in [7, 11) is -0.396. The molecule has 2 aromatic rings. The molecule has 1 heterocycles. The van der Waals surface area contributed by atoms with E-state index in [2.05, 4.69) is 73.4 Å². The van der Waals surface area contributed by atoms with Crippen molar-refractivity contribution in [3.63, 3.8) is 0 Å². The van der Waals surface area contributed by atoms with E-state index in [4.69, 9.17) is 0 Å². The van der Waals surface area contributed by atoms with Crippen LogP contribution in [-0.4, -0.2) is 18.1 Å². The molecule has 0 bridgehead atoms. The molecule has 1 nitrogen and oxygen atoms in total. The number of hydrogen-bond acceptors (Lipinski definition) is 0. The highest BCUT2D eigenvalue weighted by molar-refractivity contribution is 6.75. The summed E-state index contributed by atoms with van der Waals surface area (Å²) in [5.74, 6) is 0. The minimum atomic E-state index is -0.396. The van der Waals surface area contributed by atoms with Crippen molar-refractivity contribution in [3.8, 4) is 0 Å². The second-order valence-electron chi connectivity index (χ2n) is 5.49. The topological polar surface area (TPSA) is 4.93 Å². The molecule has 3 rings (SSSR count). The molecule has 0 atom stereocenters. The Morgan fingerprint density at radius 2 is 1.79 bits per heavy atom. The third-order valence-electron chi connectivity index (χ3n) is 3.65. The SMILES string of the molecule is CC1=Cc2cn(Cc3ccccc3)cc2C1=[Si](C)C. The second kappa shape index (κ2) is 4.78. The Bertz CT molecular complexity index is 671. The molecule has 1 aliphatic rings. The minimum absolute atomic E-state index is 0.396. The van der Waals surface area contributed by atoms with Crippen LogP contribution in [0.2, 0.25) is 13.1 Å². The van der Waals surface area contributed by atoms with Gasteiger partial charge in [0.2, 0.25) is 0 Å². The van der Waals surface area contributed by atoms with Crippen molar-refractivity contribution in [2.75, 3.05) is 0 Å². The van der Waals surface area contributed by atoms with Gasteiger partial charge in [-0.15, -0.1) is 0 Å². The zero-order valence-electron chi connectivity index (χ0n) is 11.8. The first-order valence-corrected chi connectivity index (χ1v) is 9.25. The van der Waals surface area contributed by atoms with Crippen LogP contribution in [-0.2, 0) is 6.54 Å². The fourth-order valence-corrected chi connectivity index (χ4v) is 4.53. The van der Waals surface area contributed by atoms with Crippen molar-refractivity contribution in [1.82, 2.24) is 4.57 Å². The van der Waals surface area contributed by atoms with Crippen molar-refractivity contribution >= 4 is 19.7 Å². The third kappa shape index (κ3) is 2.28. The smallest absolute Gasteiger partial charge is 0.0470 e. The first kappa shape index (κ1) is 12.4. The van der Waals surface area contributed by atoms with Crippen LogP contribution in [0.3, 0.4) is 0 Å². The van der Waals surface area contributed by atoms with E-state index in [9.17, 15) is 0 Å². The Balaban J connectivity index is 1.95. The van der Waals surface area contributed by atoms with E-state index in [0.717, 1.165) is 6.54 Å². The van der Waals surface area contributed by atoms with Crippen LogP contribution in [0.4, 0.5) is 0 Å². The number of allylic oxidation sites excluding steroid dienone is 1. The molecule has 1 aliphatic carbocycles. The van der Waals surface area contributed by atoms with Gasteiger partial charge in [0.1, 0.15) is 0 Å². The highest BCUT2D eigenvalue weighted by Gasteiger charge is 2.18. The maximum absolute atomic E-state index is 2.38. The average molecular weight is 265 g/mol. The Hall–Kier alpha value is -1.67. The lowest BCUT2D eigenvalue weighted by Crippen LogP contribution is -2.09. The lowest BCUT2D eigenvalue weighted by atomic mass is 10.2. The molecule has 0 radical (unpaired) electrons. The van der Waals surface area contributed by atoms with Gasteiger partial charge in [0.25, 0.3) is 0 Å². The van der Waals surface area contributed by atoms with Gasteiger partial charge in [-0.2, -0.15) is 0 Å². The van der Waals surface area contributed by atoms with Crippen LogP contribution in [0.25, 0.3) is 6.08 Å². The van der Waals surface area contributed by atoms with Crippen molar-refractivity contribution in [2.24, 2.45) is 0 Å². The first-order chi connectivity index (χ1) is 9.15. The number of nitrogens with zero attached hydrogens (tertiary/aromatic N) is 1. The fraction of sp³-hybridized carbons (Fsp3) is 0.235. The van der Waals surface area contributed by atoms with Gasteiger partial charge in [-0.05, 0) is 34.9 Å². The summed E-state index contributed by atoms with van der Waals surface area (Å²) in [4.78, 5) is 0. The van der Waals surface area contributed by atoms with E-state index in [1.165, 1.54) is 22.3 Å². The van der Waals surface area contributed by atoms with E-state index in [1.807, 2.05) is 0 Å². The Labute approximate surface area is 116 Å². The summed E-state index contributed by atoms with van der Waals surface area (Å²) in [6.07, 6.45) is 6.94. The number of rotatable bonds is 2. The van der Waals surface area contributed by atoms with Crippen molar-refractivity contribution in [1.29, 1.82) is 0 Å². The fourth-order valence-electron chi connectivity index (χ4n) is 2.92. The molecule has 0 amide bonds. The first-order valence-electron chi connectivity index (χ1n) is 6.75. The summed E-state index contributed by atoms with van der Waals surface area (Å²) >= 11 is 0. The molecule has 1 aromatic heterocycles. The summed E-state index contributed by atoms with van der Waals surface area (Å²) in [5.41, 5.74) is 5.69. The van der Waals surface area contributed by atoms with E-state index in [0.29, 0.717) is 0 Å². The second-order valence-corrected chi connectivity index (χ2v) is 7.99. The van der Waals surface area contributed by atoms with Gasteiger partial charge in [0.05, 0.1) is 0 Å². The molecule has 0 unspecified atom stereocenters. The predicted molar refractivity (Wildman–Crippen MR) is 85.2 cm³/mol. The molecule has 1 aromatic carbocycles. The van der Waals surface area contributed by atoms with Crippen LogP contribution in [0.1, 0.15) is 23.6 Å². The molecular weight excluding hydrogens is 246 g/mol. The number of aromatic nitrogens is 1. The van der Waals surface area contributed by atoms with Gasteiger partial charge in [-0.1, -0.05) is 43.4 Å². The maximum Gasteiger partial charge on any atom is 0.0470 e.